The summed E-state index contributed by atoms with van der Waals surface area (Å²) in [7, 11) is 0. The number of alkyl halides is 6. The van der Waals surface area contributed by atoms with Crippen LogP contribution >= 0.6 is 0 Å². The van der Waals surface area contributed by atoms with Crippen LogP contribution in [0.2, 0.25) is 0 Å². The number of ether oxygens (including phenoxy) is 1. The third kappa shape index (κ3) is 7.36. The number of hydrogen-bond donors (Lipinski definition) is 1. The van der Waals surface area contributed by atoms with E-state index in [2.05, 4.69) is 10.2 Å². The highest BCUT2D eigenvalue weighted by Crippen LogP contribution is 2.43. The van der Waals surface area contributed by atoms with E-state index in [0.717, 1.165) is 24.9 Å². The van der Waals surface area contributed by atoms with Crippen LogP contribution in [0.4, 0.5) is 26.3 Å². The monoisotopic (exact) mass is 612 g/mol. The smallest absolute Gasteiger partial charge is 0.416 e. The fourth-order valence-electron chi connectivity index (χ4n) is 6.49. The number of carbonyl (C=O) groups excluding carboxylic acids is 2. The minimum absolute atomic E-state index is 0.0639. The number of halogens is 6. The number of hydrogen-bond acceptors (Lipinski definition) is 4. The van der Waals surface area contributed by atoms with Gasteiger partial charge in [0.2, 0.25) is 5.91 Å². The second kappa shape index (κ2) is 12.5. The third-order valence-electron chi connectivity index (χ3n) is 9.01. The molecule has 43 heavy (non-hydrogen) atoms. The van der Waals surface area contributed by atoms with E-state index in [0.29, 0.717) is 51.0 Å². The second-order valence-electron chi connectivity index (χ2n) is 12.1. The highest BCUT2D eigenvalue weighted by Gasteiger charge is 2.45. The highest BCUT2D eigenvalue weighted by atomic mass is 19.4. The summed E-state index contributed by atoms with van der Waals surface area (Å²) in [6, 6.07) is 10.7. The van der Waals surface area contributed by atoms with Gasteiger partial charge in [0.25, 0.3) is 0 Å². The molecule has 1 aliphatic heterocycles. The number of esters is 1. The first-order valence-corrected chi connectivity index (χ1v) is 14.7. The molecule has 1 aliphatic carbocycles. The van der Waals surface area contributed by atoms with Crippen molar-refractivity contribution in [3.05, 3.63) is 70.8 Å². The molecular weight excluding hydrogens is 574 g/mol. The Labute approximate surface area is 248 Å². The summed E-state index contributed by atoms with van der Waals surface area (Å²) in [5, 5.41) is 3.04. The summed E-state index contributed by atoms with van der Waals surface area (Å²) in [6.45, 7) is 6.73. The van der Waals surface area contributed by atoms with Crippen LogP contribution in [-0.2, 0) is 32.2 Å². The molecule has 0 bridgehead atoms. The van der Waals surface area contributed by atoms with Gasteiger partial charge in [0, 0.05) is 12.6 Å². The van der Waals surface area contributed by atoms with E-state index in [9.17, 15) is 35.9 Å². The van der Waals surface area contributed by atoms with Crippen molar-refractivity contribution in [1.29, 1.82) is 0 Å². The van der Waals surface area contributed by atoms with E-state index >= 15 is 0 Å². The van der Waals surface area contributed by atoms with Gasteiger partial charge in [-0.15, -0.1) is 0 Å². The average Bonchev–Trinajstić information content (AvgIpc) is 2.96. The highest BCUT2D eigenvalue weighted by molar-refractivity contribution is 5.84. The molecule has 11 heteroatoms. The van der Waals surface area contributed by atoms with Gasteiger partial charge in [0.15, 0.2) is 0 Å². The molecule has 1 saturated carbocycles. The van der Waals surface area contributed by atoms with Crippen molar-refractivity contribution in [1.82, 2.24) is 10.2 Å². The molecule has 236 valence electrons. The number of piperidine rings is 1. The van der Waals surface area contributed by atoms with Gasteiger partial charge < -0.3 is 10.1 Å². The standard InChI is InChI=1S/C32H38F6N2O3/c1-4-43-28(42)29(3)13-8-16-40(20-29)26-11-14-30(15-12-26,23-9-6-5-7-10-23)39-27(41)21(2)22-17-24(31(33,34)35)19-25(18-22)32(36,37)38/h5-7,9-10,17-19,21,26H,4,8,11-16,20H2,1-3H3,(H,39,41)/t21-,26?,29-,30?/m1/s1. The van der Waals surface area contributed by atoms with Gasteiger partial charge in [0.1, 0.15) is 0 Å². The molecule has 4 rings (SSSR count). The summed E-state index contributed by atoms with van der Waals surface area (Å²) < 4.78 is 86.2. The summed E-state index contributed by atoms with van der Waals surface area (Å²) >= 11 is 0. The molecule has 5 nitrogen and oxygen atoms in total. The van der Waals surface area contributed by atoms with Crippen LogP contribution in [0.15, 0.2) is 48.5 Å². The Balaban J connectivity index is 1.56. The zero-order chi connectivity index (χ0) is 31.6. The van der Waals surface area contributed by atoms with Crippen LogP contribution < -0.4 is 5.32 Å². The van der Waals surface area contributed by atoms with E-state index in [1.165, 1.54) is 6.92 Å². The van der Waals surface area contributed by atoms with Crippen molar-refractivity contribution in [2.24, 2.45) is 5.41 Å². The Bertz CT molecular complexity index is 1260. The van der Waals surface area contributed by atoms with Crippen molar-refractivity contribution < 1.29 is 40.7 Å². The van der Waals surface area contributed by atoms with E-state index in [1.807, 2.05) is 37.3 Å². The van der Waals surface area contributed by atoms with Crippen LogP contribution in [0.3, 0.4) is 0 Å². The van der Waals surface area contributed by atoms with Gasteiger partial charge in [-0.05, 0) is 95.2 Å². The SMILES string of the molecule is CCOC(=O)[C@]1(C)CCCN(C2CCC(NC(=O)[C@H](C)c3cc(C(F)(F)F)cc(C(F)(F)F)c3)(c3ccccc3)CC2)C1. The molecule has 2 aromatic rings. The van der Waals surface area contributed by atoms with E-state index in [4.69, 9.17) is 4.74 Å². The molecule has 0 aromatic heterocycles. The maximum absolute atomic E-state index is 13.6. The van der Waals surface area contributed by atoms with Gasteiger partial charge in [-0.25, -0.2) is 0 Å². The maximum Gasteiger partial charge on any atom is 0.416 e. The molecule has 2 aliphatic rings. The number of benzene rings is 2. The average molecular weight is 613 g/mol. The van der Waals surface area contributed by atoms with Crippen LogP contribution in [0.25, 0.3) is 0 Å². The Hall–Kier alpha value is -3.08. The number of nitrogens with one attached hydrogen (secondary N) is 1. The first-order valence-electron chi connectivity index (χ1n) is 14.7. The summed E-state index contributed by atoms with van der Waals surface area (Å²) in [5.74, 6) is -2.13. The first-order chi connectivity index (χ1) is 20.1. The summed E-state index contributed by atoms with van der Waals surface area (Å²) in [4.78, 5) is 28.6. The molecule has 0 unspecified atom stereocenters. The predicted octanol–water partition coefficient (Wildman–Crippen LogP) is 7.45. The van der Waals surface area contributed by atoms with Crippen LogP contribution in [0, 0.1) is 5.41 Å². The number of amides is 1. The van der Waals surface area contributed by atoms with Crippen molar-refractivity contribution in [3.8, 4) is 0 Å². The van der Waals surface area contributed by atoms with E-state index in [1.54, 1.807) is 6.92 Å². The molecule has 1 N–H and O–H groups in total. The second-order valence-corrected chi connectivity index (χ2v) is 12.1. The molecule has 0 radical (unpaired) electrons. The topological polar surface area (TPSA) is 58.6 Å². The Kier molecular flexibility index (Phi) is 9.54. The number of nitrogens with zero attached hydrogens (tertiary/aromatic N) is 1. The van der Waals surface area contributed by atoms with Gasteiger partial charge >= 0.3 is 18.3 Å². The summed E-state index contributed by atoms with van der Waals surface area (Å²) in [6.07, 6.45) is -6.02. The fraction of sp³-hybridized carbons (Fsp3) is 0.562. The van der Waals surface area contributed by atoms with Crippen LogP contribution in [-0.4, -0.2) is 42.5 Å². The van der Waals surface area contributed by atoms with Crippen LogP contribution in [0.5, 0.6) is 0 Å². The fourth-order valence-corrected chi connectivity index (χ4v) is 6.49. The Morgan fingerprint density at radius 3 is 2.09 bits per heavy atom. The summed E-state index contributed by atoms with van der Waals surface area (Å²) in [5.41, 5.74) is -3.89. The number of carbonyl (C=O) groups is 2. The van der Waals surface area contributed by atoms with Crippen LogP contribution in [0.1, 0.15) is 87.5 Å². The van der Waals surface area contributed by atoms with Gasteiger partial charge in [-0.3, -0.25) is 14.5 Å². The van der Waals surface area contributed by atoms with Crippen molar-refractivity contribution in [2.45, 2.75) is 89.1 Å². The Morgan fingerprint density at radius 2 is 1.56 bits per heavy atom. The van der Waals surface area contributed by atoms with Gasteiger partial charge in [-0.2, -0.15) is 26.3 Å². The minimum atomic E-state index is -5.01. The van der Waals surface area contributed by atoms with Crippen molar-refractivity contribution >= 4 is 11.9 Å². The lowest BCUT2D eigenvalue weighted by atomic mass is 9.73. The minimum Gasteiger partial charge on any atom is -0.466 e. The molecule has 1 amide bonds. The normalized spacial score (nSPS) is 26.0. The quantitative estimate of drug-likeness (QED) is 0.261. The number of rotatable bonds is 7. The molecule has 2 atom stereocenters. The van der Waals surface area contributed by atoms with Gasteiger partial charge in [0.05, 0.1) is 34.6 Å². The molecule has 1 saturated heterocycles. The molecule has 0 spiro atoms. The zero-order valence-corrected chi connectivity index (χ0v) is 24.6. The lowest BCUT2D eigenvalue weighted by Gasteiger charge is -2.48. The molecule has 2 fully saturated rings. The Morgan fingerprint density at radius 1 is 0.977 bits per heavy atom. The zero-order valence-electron chi connectivity index (χ0n) is 24.6. The largest absolute Gasteiger partial charge is 0.466 e. The molecule has 2 aromatic carbocycles. The van der Waals surface area contributed by atoms with Crippen molar-refractivity contribution in [2.75, 3.05) is 19.7 Å². The molecular formula is C32H38F6N2O3. The lowest BCUT2D eigenvalue weighted by molar-refractivity contribution is -0.158. The van der Waals surface area contributed by atoms with Crippen molar-refractivity contribution in [3.63, 3.8) is 0 Å². The van der Waals surface area contributed by atoms with E-state index in [-0.39, 0.29) is 23.6 Å². The third-order valence-corrected chi connectivity index (χ3v) is 9.01. The number of likely N-dealkylation sites (tertiary alicyclic amines) is 1. The van der Waals surface area contributed by atoms with Gasteiger partial charge in [-0.1, -0.05) is 30.3 Å². The predicted molar refractivity (Wildman–Crippen MR) is 149 cm³/mol. The first kappa shape index (κ1) is 32.8. The molecule has 1 heterocycles. The lowest BCUT2D eigenvalue weighted by Crippen LogP contribution is -2.55. The maximum atomic E-state index is 13.6. The van der Waals surface area contributed by atoms with E-state index < -0.39 is 46.3 Å².